The number of aromatic nitrogens is 2. The molecule has 1 aliphatic carbocycles. The van der Waals surface area contributed by atoms with E-state index in [1.807, 2.05) is 0 Å². The van der Waals surface area contributed by atoms with Gasteiger partial charge in [0.05, 0.1) is 11.8 Å². The Bertz CT molecular complexity index is 445. The van der Waals surface area contributed by atoms with E-state index >= 15 is 0 Å². The summed E-state index contributed by atoms with van der Waals surface area (Å²) >= 11 is 0. The molecular formula is C14H21N3O3. The van der Waals surface area contributed by atoms with Crippen LogP contribution in [-0.4, -0.2) is 33.5 Å². The predicted octanol–water partition coefficient (Wildman–Crippen LogP) is 1.35. The standard InChI is InChI=1S/C14H21N3O3/c18-13(10-4-1-2-5-11(10)14(19)20)17-7-3-6-12-15-8-9-16-12/h8-11H,1-7H2,(H,15,16)(H,17,18)(H,19,20). The molecule has 1 heterocycles. The number of carboxylic acid groups (broad SMARTS) is 1. The number of hydrogen-bond donors (Lipinski definition) is 3. The molecule has 0 bridgehead atoms. The molecule has 0 aliphatic heterocycles. The fourth-order valence-electron chi connectivity index (χ4n) is 2.77. The Morgan fingerprint density at radius 1 is 1.35 bits per heavy atom. The van der Waals surface area contributed by atoms with Gasteiger partial charge in [0.1, 0.15) is 5.82 Å². The van der Waals surface area contributed by atoms with Crippen molar-refractivity contribution < 1.29 is 14.7 Å². The van der Waals surface area contributed by atoms with Gasteiger partial charge in [0.2, 0.25) is 5.91 Å². The number of carboxylic acids is 1. The van der Waals surface area contributed by atoms with Crippen LogP contribution in [0.2, 0.25) is 0 Å². The fraction of sp³-hybridized carbons (Fsp3) is 0.643. The number of carbonyl (C=O) groups excluding carboxylic acids is 1. The van der Waals surface area contributed by atoms with E-state index in [-0.39, 0.29) is 11.8 Å². The van der Waals surface area contributed by atoms with Crippen LogP contribution in [0, 0.1) is 11.8 Å². The maximum absolute atomic E-state index is 12.1. The minimum Gasteiger partial charge on any atom is -0.481 e. The van der Waals surface area contributed by atoms with E-state index in [4.69, 9.17) is 5.11 Å². The summed E-state index contributed by atoms with van der Waals surface area (Å²) in [6.07, 6.45) is 8.18. The molecule has 2 atom stereocenters. The van der Waals surface area contributed by atoms with Gasteiger partial charge in [-0.1, -0.05) is 12.8 Å². The van der Waals surface area contributed by atoms with Crippen LogP contribution >= 0.6 is 0 Å². The Morgan fingerprint density at radius 2 is 2.10 bits per heavy atom. The number of hydrogen-bond acceptors (Lipinski definition) is 3. The van der Waals surface area contributed by atoms with Crippen molar-refractivity contribution in [3.63, 3.8) is 0 Å². The van der Waals surface area contributed by atoms with E-state index in [1.54, 1.807) is 12.4 Å². The van der Waals surface area contributed by atoms with Gasteiger partial charge in [-0.25, -0.2) is 4.98 Å². The molecule has 1 fully saturated rings. The predicted molar refractivity (Wildman–Crippen MR) is 73.0 cm³/mol. The fourth-order valence-corrected chi connectivity index (χ4v) is 2.77. The van der Waals surface area contributed by atoms with Gasteiger partial charge >= 0.3 is 5.97 Å². The molecule has 1 aliphatic rings. The Kier molecular flexibility index (Phi) is 5.15. The lowest BCUT2D eigenvalue weighted by Crippen LogP contribution is -2.40. The van der Waals surface area contributed by atoms with Gasteiger partial charge in [0, 0.05) is 25.4 Å². The maximum atomic E-state index is 12.1. The zero-order valence-electron chi connectivity index (χ0n) is 11.5. The van der Waals surface area contributed by atoms with Crippen LogP contribution in [0.4, 0.5) is 0 Å². The Hall–Kier alpha value is -1.85. The average Bonchev–Trinajstić information content (AvgIpc) is 2.96. The van der Waals surface area contributed by atoms with E-state index in [0.29, 0.717) is 19.4 Å². The van der Waals surface area contributed by atoms with Crippen molar-refractivity contribution in [3.8, 4) is 0 Å². The lowest BCUT2D eigenvalue weighted by atomic mass is 9.78. The summed E-state index contributed by atoms with van der Waals surface area (Å²) in [4.78, 5) is 30.4. The third-order valence-electron chi connectivity index (χ3n) is 3.86. The van der Waals surface area contributed by atoms with Crippen LogP contribution in [0.1, 0.15) is 37.9 Å². The lowest BCUT2D eigenvalue weighted by molar-refractivity contribution is -0.148. The molecule has 2 unspecified atom stereocenters. The Labute approximate surface area is 118 Å². The first-order valence-electron chi connectivity index (χ1n) is 7.17. The van der Waals surface area contributed by atoms with Gasteiger partial charge in [0.15, 0.2) is 0 Å². The number of nitrogens with zero attached hydrogens (tertiary/aromatic N) is 1. The van der Waals surface area contributed by atoms with Gasteiger partial charge in [-0.05, 0) is 19.3 Å². The number of H-pyrrole nitrogens is 1. The first-order valence-corrected chi connectivity index (χ1v) is 7.17. The minimum absolute atomic E-state index is 0.114. The summed E-state index contributed by atoms with van der Waals surface area (Å²) in [5.41, 5.74) is 0. The number of aryl methyl sites for hydroxylation is 1. The van der Waals surface area contributed by atoms with Crippen LogP contribution in [0.3, 0.4) is 0 Å². The molecule has 3 N–H and O–H groups in total. The highest BCUT2D eigenvalue weighted by atomic mass is 16.4. The largest absolute Gasteiger partial charge is 0.481 e. The SMILES string of the molecule is O=C(O)C1CCCCC1C(=O)NCCCc1ncc[nH]1. The molecule has 1 aromatic rings. The molecule has 1 saturated carbocycles. The topological polar surface area (TPSA) is 95.1 Å². The van der Waals surface area contributed by atoms with Crippen LogP contribution in [0.25, 0.3) is 0 Å². The summed E-state index contributed by atoms with van der Waals surface area (Å²) in [6.45, 7) is 0.558. The number of rotatable bonds is 6. The third kappa shape index (κ3) is 3.82. The molecule has 2 rings (SSSR count). The van der Waals surface area contributed by atoms with Crippen LogP contribution in [0.15, 0.2) is 12.4 Å². The van der Waals surface area contributed by atoms with Crippen molar-refractivity contribution in [2.45, 2.75) is 38.5 Å². The molecule has 0 radical (unpaired) electrons. The summed E-state index contributed by atoms with van der Waals surface area (Å²) in [7, 11) is 0. The van der Waals surface area contributed by atoms with Crippen molar-refractivity contribution in [2.24, 2.45) is 11.8 Å². The number of aromatic amines is 1. The van der Waals surface area contributed by atoms with Crippen molar-refractivity contribution in [1.82, 2.24) is 15.3 Å². The smallest absolute Gasteiger partial charge is 0.307 e. The Balaban J connectivity index is 1.74. The van der Waals surface area contributed by atoms with Gasteiger partial charge in [-0.15, -0.1) is 0 Å². The molecule has 110 valence electrons. The molecule has 1 amide bonds. The maximum Gasteiger partial charge on any atom is 0.307 e. The van der Waals surface area contributed by atoms with E-state index in [0.717, 1.165) is 31.5 Å². The van der Waals surface area contributed by atoms with Crippen LogP contribution < -0.4 is 5.32 Å². The monoisotopic (exact) mass is 279 g/mol. The lowest BCUT2D eigenvalue weighted by Gasteiger charge is -2.27. The molecular weight excluding hydrogens is 258 g/mol. The highest BCUT2D eigenvalue weighted by Crippen LogP contribution is 2.30. The second-order valence-electron chi connectivity index (χ2n) is 5.27. The van der Waals surface area contributed by atoms with Crippen molar-refractivity contribution >= 4 is 11.9 Å². The Morgan fingerprint density at radius 3 is 2.75 bits per heavy atom. The highest BCUT2D eigenvalue weighted by molar-refractivity contribution is 5.84. The van der Waals surface area contributed by atoms with Crippen molar-refractivity contribution in [2.75, 3.05) is 6.54 Å². The van der Waals surface area contributed by atoms with Crippen LogP contribution in [0.5, 0.6) is 0 Å². The summed E-state index contributed by atoms with van der Waals surface area (Å²) in [6, 6.07) is 0. The molecule has 20 heavy (non-hydrogen) atoms. The van der Waals surface area contributed by atoms with Gasteiger partial charge in [-0.2, -0.15) is 0 Å². The number of carbonyl (C=O) groups is 2. The number of amides is 1. The van der Waals surface area contributed by atoms with E-state index < -0.39 is 11.9 Å². The third-order valence-corrected chi connectivity index (χ3v) is 3.86. The number of aliphatic carboxylic acids is 1. The van der Waals surface area contributed by atoms with Crippen LogP contribution in [-0.2, 0) is 16.0 Å². The molecule has 6 heteroatoms. The zero-order valence-corrected chi connectivity index (χ0v) is 11.5. The van der Waals surface area contributed by atoms with E-state index in [2.05, 4.69) is 15.3 Å². The van der Waals surface area contributed by atoms with E-state index in [1.165, 1.54) is 0 Å². The molecule has 1 aromatic heterocycles. The second-order valence-corrected chi connectivity index (χ2v) is 5.27. The summed E-state index contributed by atoms with van der Waals surface area (Å²) < 4.78 is 0. The quantitative estimate of drug-likeness (QED) is 0.685. The molecule has 0 saturated heterocycles. The zero-order chi connectivity index (χ0) is 14.4. The van der Waals surface area contributed by atoms with Gasteiger partial charge in [0.25, 0.3) is 0 Å². The molecule has 6 nitrogen and oxygen atoms in total. The number of imidazole rings is 1. The molecule has 0 aromatic carbocycles. The number of nitrogens with one attached hydrogen (secondary N) is 2. The van der Waals surface area contributed by atoms with Gasteiger partial charge in [-0.3, -0.25) is 9.59 Å². The van der Waals surface area contributed by atoms with Crippen molar-refractivity contribution in [3.05, 3.63) is 18.2 Å². The highest BCUT2D eigenvalue weighted by Gasteiger charge is 2.35. The summed E-state index contributed by atoms with van der Waals surface area (Å²) in [5.74, 6) is -0.948. The first kappa shape index (κ1) is 14.6. The molecule has 0 spiro atoms. The van der Waals surface area contributed by atoms with Gasteiger partial charge < -0.3 is 15.4 Å². The second kappa shape index (κ2) is 7.07. The minimum atomic E-state index is -0.847. The normalized spacial score (nSPS) is 22.4. The first-order chi connectivity index (χ1) is 9.68. The average molecular weight is 279 g/mol. The summed E-state index contributed by atoms with van der Waals surface area (Å²) in [5, 5.41) is 12.0. The van der Waals surface area contributed by atoms with Crippen molar-refractivity contribution in [1.29, 1.82) is 0 Å². The van der Waals surface area contributed by atoms with E-state index in [9.17, 15) is 9.59 Å².